The van der Waals surface area contributed by atoms with Gasteiger partial charge in [-0.2, -0.15) is 0 Å². The largest absolute Gasteiger partial charge is 0.356 e. The summed E-state index contributed by atoms with van der Waals surface area (Å²) in [7, 11) is 0. The first-order valence-corrected chi connectivity index (χ1v) is 19.3. The first-order chi connectivity index (χ1) is 27.8. The van der Waals surface area contributed by atoms with Crippen LogP contribution in [0.3, 0.4) is 0 Å². The van der Waals surface area contributed by atoms with Crippen molar-refractivity contribution in [1.29, 1.82) is 0 Å². The highest BCUT2D eigenvalue weighted by atomic mass is 15.0. The number of hydrogen-bond donors (Lipinski definition) is 1. The first-order valence-electron chi connectivity index (χ1n) is 19.3. The molecule has 0 bridgehead atoms. The zero-order valence-corrected chi connectivity index (χ0v) is 30.7. The number of aromatic nitrogens is 1. The minimum absolute atomic E-state index is 1.06. The van der Waals surface area contributed by atoms with Crippen molar-refractivity contribution in [3.05, 3.63) is 212 Å². The number of hydrogen-bond acceptors (Lipinski definition) is 1. The van der Waals surface area contributed by atoms with Gasteiger partial charge in [0.15, 0.2) is 0 Å². The van der Waals surface area contributed by atoms with E-state index in [0.29, 0.717) is 0 Å². The van der Waals surface area contributed by atoms with Crippen molar-refractivity contribution in [3.63, 3.8) is 0 Å². The number of para-hydroxylation sites is 2. The Kier molecular flexibility index (Phi) is 7.53. The fraction of sp³-hybridized carbons (Fsp3) is 0. The van der Waals surface area contributed by atoms with Crippen molar-refractivity contribution in [2.45, 2.75) is 0 Å². The van der Waals surface area contributed by atoms with Crippen LogP contribution in [0.15, 0.2) is 212 Å². The van der Waals surface area contributed by atoms with E-state index in [1.54, 1.807) is 0 Å². The monoisotopic (exact) mass is 712 g/mol. The fourth-order valence-corrected chi connectivity index (χ4v) is 8.75. The van der Waals surface area contributed by atoms with E-state index in [2.05, 4.69) is 222 Å². The Balaban J connectivity index is 0.906. The molecule has 2 heteroatoms. The highest BCUT2D eigenvalue weighted by molar-refractivity contribution is 6.21. The van der Waals surface area contributed by atoms with Gasteiger partial charge in [0.1, 0.15) is 0 Å². The minimum Gasteiger partial charge on any atom is -0.356 e. The third-order valence-corrected chi connectivity index (χ3v) is 11.3. The topological polar surface area (TPSA) is 17.0 Å². The Hall–Kier alpha value is -7.42. The summed E-state index contributed by atoms with van der Waals surface area (Å²) in [6.07, 6.45) is 0. The van der Waals surface area contributed by atoms with Crippen molar-refractivity contribution >= 4 is 65.5 Å². The summed E-state index contributed by atoms with van der Waals surface area (Å²) in [5.41, 5.74) is 13.2. The number of rotatable bonds is 6. The van der Waals surface area contributed by atoms with Crippen LogP contribution in [0, 0.1) is 0 Å². The Labute approximate surface area is 325 Å². The molecule has 0 fully saturated rings. The molecule has 0 atom stereocenters. The molecule has 11 aromatic rings. The Morgan fingerprint density at radius 2 is 0.750 bits per heavy atom. The normalized spacial score (nSPS) is 11.6. The first kappa shape index (κ1) is 32.0. The molecule has 0 aliphatic heterocycles. The SMILES string of the molecule is c1ccc(-c2c3ccccc3c(-c3ccc(Nc4ccc5cc(-c6ccc7c(c6)c6ccccc6n7-c6ccccc6)ccc5c4)cc3)c3ccccc23)cc1. The molecular weight excluding hydrogens is 677 g/mol. The molecular formula is C54H36N2. The van der Waals surface area contributed by atoms with Crippen molar-refractivity contribution in [1.82, 2.24) is 4.57 Å². The van der Waals surface area contributed by atoms with E-state index in [1.807, 2.05) is 0 Å². The van der Waals surface area contributed by atoms with E-state index in [1.165, 1.54) is 93.2 Å². The summed E-state index contributed by atoms with van der Waals surface area (Å²) in [6.45, 7) is 0. The van der Waals surface area contributed by atoms with Crippen molar-refractivity contribution in [3.8, 4) is 39.1 Å². The lowest BCUT2D eigenvalue weighted by Gasteiger charge is -2.18. The van der Waals surface area contributed by atoms with Crippen LogP contribution < -0.4 is 5.32 Å². The number of anilines is 2. The highest BCUT2D eigenvalue weighted by Crippen LogP contribution is 2.44. The summed E-state index contributed by atoms with van der Waals surface area (Å²) in [5.74, 6) is 0. The lowest BCUT2D eigenvalue weighted by Crippen LogP contribution is -1.93. The molecule has 0 saturated heterocycles. The van der Waals surface area contributed by atoms with Gasteiger partial charge < -0.3 is 9.88 Å². The zero-order chi connectivity index (χ0) is 37.0. The maximum absolute atomic E-state index is 3.68. The third-order valence-electron chi connectivity index (χ3n) is 11.3. The molecule has 56 heavy (non-hydrogen) atoms. The number of benzene rings is 10. The van der Waals surface area contributed by atoms with Gasteiger partial charge in [0, 0.05) is 27.8 Å². The van der Waals surface area contributed by atoms with Crippen LogP contribution in [0.25, 0.3) is 93.2 Å². The molecule has 0 saturated carbocycles. The smallest absolute Gasteiger partial charge is 0.0541 e. The van der Waals surface area contributed by atoms with E-state index < -0.39 is 0 Å². The van der Waals surface area contributed by atoms with Crippen LogP contribution in [0.5, 0.6) is 0 Å². The lowest BCUT2D eigenvalue weighted by molar-refractivity contribution is 1.18. The number of nitrogens with zero attached hydrogens (tertiary/aromatic N) is 1. The molecule has 1 heterocycles. The van der Waals surface area contributed by atoms with Crippen LogP contribution >= 0.6 is 0 Å². The standard InChI is InChI=1S/C54H36N2/c1-3-13-36(14-4-1)53-46-18-7-9-20-48(46)54(49-21-10-8-19-47(49)53)37-25-29-42(30-26-37)55-43-31-27-39-33-38(23-24-40(39)34-43)41-28-32-52-50(35-41)45-17-11-12-22-51(45)56(52)44-15-5-2-6-16-44/h1-35,55H. The van der Waals surface area contributed by atoms with Crippen molar-refractivity contribution < 1.29 is 0 Å². The van der Waals surface area contributed by atoms with Gasteiger partial charge in [0.25, 0.3) is 0 Å². The second-order valence-electron chi connectivity index (χ2n) is 14.6. The lowest BCUT2D eigenvalue weighted by atomic mass is 9.86. The molecule has 0 radical (unpaired) electrons. The minimum atomic E-state index is 1.06. The Morgan fingerprint density at radius 3 is 1.43 bits per heavy atom. The Morgan fingerprint density at radius 1 is 0.286 bits per heavy atom. The molecule has 1 aromatic heterocycles. The van der Waals surface area contributed by atoms with E-state index in [-0.39, 0.29) is 0 Å². The van der Waals surface area contributed by atoms with Crippen molar-refractivity contribution in [2.75, 3.05) is 5.32 Å². The summed E-state index contributed by atoms with van der Waals surface area (Å²) in [6, 6.07) is 77.0. The van der Waals surface area contributed by atoms with Crippen LogP contribution in [0.4, 0.5) is 11.4 Å². The summed E-state index contributed by atoms with van der Waals surface area (Å²) in [5, 5.41) is 13.7. The fourth-order valence-electron chi connectivity index (χ4n) is 8.75. The molecule has 11 rings (SSSR count). The van der Waals surface area contributed by atoms with Gasteiger partial charge in [-0.15, -0.1) is 0 Å². The average Bonchev–Trinajstić information content (AvgIpc) is 3.60. The van der Waals surface area contributed by atoms with Gasteiger partial charge in [-0.1, -0.05) is 152 Å². The quantitative estimate of drug-likeness (QED) is 0.170. The highest BCUT2D eigenvalue weighted by Gasteiger charge is 2.17. The summed E-state index contributed by atoms with van der Waals surface area (Å²) >= 11 is 0. The molecule has 10 aromatic carbocycles. The van der Waals surface area contributed by atoms with Crippen molar-refractivity contribution in [2.24, 2.45) is 0 Å². The maximum atomic E-state index is 3.68. The van der Waals surface area contributed by atoms with Gasteiger partial charge in [0.2, 0.25) is 0 Å². The van der Waals surface area contributed by atoms with E-state index >= 15 is 0 Å². The second-order valence-corrected chi connectivity index (χ2v) is 14.6. The summed E-state index contributed by atoms with van der Waals surface area (Å²) < 4.78 is 2.37. The van der Waals surface area contributed by atoms with Gasteiger partial charge in [0.05, 0.1) is 11.0 Å². The average molecular weight is 713 g/mol. The van der Waals surface area contributed by atoms with Crippen LogP contribution in [-0.2, 0) is 0 Å². The second kappa shape index (κ2) is 13.2. The predicted octanol–water partition coefficient (Wildman–Crippen LogP) is 15.0. The van der Waals surface area contributed by atoms with Crippen LogP contribution in [0.1, 0.15) is 0 Å². The Bertz CT molecular complexity index is 3190. The van der Waals surface area contributed by atoms with E-state index in [0.717, 1.165) is 11.4 Å². The van der Waals surface area contributed by atoms with Gasteiger partial charge in [-0.25, -0.2) is 0 Å². The molecule has 0 spiro atoms. The molecule has 262 valence electrons. The van der Waals surface area contributed by atoms with Gasteiger partial charge >= 0.3 is 0 Å². The molecule has 0 aliphatic rings. The molecule has 0 amide bonds. The van der Waals surface area contributed by atoms with Crippen LogP contribution in [-0.4, -0.2) is 4.57 Å². The van der Waals surface area contributed by atoms with Gasteiger partial charge in [-0.3, -0.25) is 0 Å². The van der Waals surface area contributed by atoms with E-state index in [4.69, 9.17) is 0 Å². The number of fused-ring (bicyclic) bond motifs is 6. The molecule has 2 nitrogen and oxygen atoms in total. The maximum Gasteiger partial charge on any atom is 0.0541 e. The van der Waals surface area contributed by atoms with E-state index in [9.17, 15) is 0 Å². The summed E-state index contributed by atoms with van der Waals surface area (Å²) in [4.78, 5) is 0. The zero-order valence-electron chi connectivity index (χ0n) is 30.7. The molecule has 1 N–H and O–H groups in total. The predicted molar refractivity (Wildman–Crippen MR) is 239 cm³/mol. The van der Waals surface area contributed by atoms with Gasteiger partial charge in [-0.05, 0) is 126 Å². The number of nitrogens with one attached hydrogen (secondary N) is 1. The third kappa shape index (κ3) is 5.34. The molecule has 0 unspecified atom stereocenters. The van der Waals surface area contributed by atoms with Crippen LogP contribution in [0.2, 0.25) is 0 Å². The molecule has 0 aliphatic carbocycles.